The van der Waals surface area contributed by atoms with Crippen molar-refractivity contribution in [1.29, 1.82) is 0 Å². The molecule has 1 aliphatic carbocycles. The molecule has 3 atom stereocenters. The average molecular weight is 269 g/mol. The fraction of sp³-hybridized carbons (Fsp3) is 0.538. The monoisotopic (exact) mass is 268 g/mol. The van der Waals surface area contributed by atoms with Crippen LogP contribution in [0.2, 0.25) is 5.02 Å². The van der Waals surface area contributed by atoms with E-state index in [1.54, 1.807) is 12.1 Å². The molecule has 1 fully saturated rings. The standard InChI is InChI=1S/C13H17ClN2O2/c1-8-3-5-11(9(8)2)15-12-7-10(14)4-6-13(12)16(17)18/h4,6-9,11,15H,3,5H2,1-2H3. The molecule has 0 aromatic heterocycles. The summed E-state index contributed by atoms with van der Waals surface area (Å²) in [4.78, 5) is 10.6. The van der Waals surface area contributed by atoms with Crippen LogP contribution >= 0.6 is 11.6 Å². The van der Waals surface area contributed by atoms with Crippen molar-refractivity contribution >= 4 is 23.0 Å². The summed E-state index contributed by atoms with van der Waals surface area (Å²) >= 11 is 5.91. The van der Waals surface area contributed by atoms with E-state index >= 15 is 0 Å². The van der Waals surface area contributed by atoms with E-state index in [1.165, 1.54) is 6.07 Å². The highest BCUT2D eigenvalue weighted by atomic mass is 35.5. The number of nitrogens with one attached hydrogen (secondary N) is 1. The van der Waals surface area contributed by atoms with Crippen molar-refractivity contribution in [2.45, 2.75) is 32.7 Å². The highest BCUT2D eigenvalue weighted by Crippen LogP contribution is 2.36. The van der Waals surface area contributed by atoms with Gasteiger partial charge in [-0.3, -0.25) is 10.1 Å². The smallest absolute Gasteiger partial charge is 0.292 e. The van der Waals surface area contributed by atoms with Crippen LogP contribution in [0.3, 0.4) is 0 Å². The van der Waals surface area contributed by atoms with Crippen LogP contribution < -0.4 is 5.32 Å². The first-order chi connectivity index (χ1) is 8.49. The maximum Gasteiger partial charge on any atom is 0.292 e. The average Bonchev–Trinajstić information content (AvgIpc) is 2.61. The van der Waals surface area contributed by atoms with Gasteiger partial charge < -0.3 is 5.32 Å². The van der Waals surface area contributed by atoms with E-state index in [2.05, 4.69) is 19.2 Å². The predicted octanol–water partition coefficient (Wildman–Crippen LogP) is 4.09. The Balaban J connectivity index is 2.23. The van der Waals surface area contributed by atoms with Gasteiger partial charge in [-0.15, -0.1) is 0 Å². The Bertz CT molecular complexity index is 464. The van der Waals surface area contributed by atoms with Crippen LogP contribution in [0, 0.1) is 22.0 Å². The molecule has 18 heavy (non-hydrogen) atoms. The minimum absolute atomic E-state index is 0.0890. The minimum atomic E-state index is -0.373. The Labute approximate surface area is 111 Å². The van der Waals surface area contributed by atoms with Crippen molar-refractivity contribution in [2.75, 3.05) is 5.32 Å². The van der Waals surface area contributed by atoms with Gasteiger partial charge in [0.05, 0.1) is 4.92 Å². The van der Waals surface area contributed by atoms with Crippen LogP contribution in [-0.4, -0.2) is 11.0 Å². The van der Waals surface area contributed by atoms with Crippen LogP contribution in [0.5, 0.6) is 0 Å². The fourth-order valence-corrected chi connectivity index (χ4v) is 2.72. The van der Waals surface area contributed by atoms with Crippen molar-refractivity contribution in [3.63, 3.8) is 0 Å². The highest BCUT2D eigenvalue weighted by Gasteiger charge is 2.30. The van der Waals surface area contributed by atoms with Crippen molar-refractivity contribution in [1.82, 2.24) is 0 Å². The summed E-state index contributed by atoms with van der Waals surface area (Å²) in [6.45, 7) is 4.41. The molecule has 1 aromatic carbocycles. The number of hydrogen-bond donors (Lipinski definition) is 1. The lowest BCUT2D eigenvalue weighted by Gasteiger charge is -2.20. The number of halogens is 1. The van der Waals surface area contributed by atoms with Gasteiger partial charge in [-0.05, 0) is 36.8 Å². The summed E-state index contributed by atoms with van der Waals surface area (Å²) in [5.41, 5.74) is 0.615. The Morgan fingerprint density at radius 3 is 2.67 bits per heavy atom. The van der Waals surface area contributed by atoms with Crippen LogP contribution in [0.1, 0.15) is 26.7 Å². The van der Waals surface area contributed by atoms with Gasteiger partial charge in [0.1, 0.15) is 5.69 Å². The second-order valence-corrected chi connectivity index (χ2v) is 5.52. The van der Waals surface area contributed by atoms with Gasteiger partial charge in [0.2, 0.25) is 0 Å². The second kappa shape index (κ2) is 5.14. The largest absolute Gasteiger partial charge is 0.376 e. The summed E-state index contributed by atoms with van der Waals surface area (Å²) in [5, 5.41) is 14.8. The van der Waals surface area contributed by atoms with E-state index in [0.717, 1.165) is 12.8 Å². The van der Waals surface area contributed by atoms with Crippen LogP contribution in [0.25, 0.3) is 0 Å². The van der Waals surface area contributed by atoms with Gasteiger partial charge in [-0.1, -0.05) is 25.4 Å². The first-order valence-electron chi connectivity index (χ1n) is 6.19. The third-order valence-corrected chi connectivity index (χ3v) is 4.20. The lowest BCUT2D eigenvalue weighted by molar-refractivity contribution is -0.384. The molecule has 1 N–H and O–H groups in total. The molecule has 98 valence electrons. The number of rotatable bonds is 3. The Hall–Kier alpha value is -1.29. The quantitative estimate of drug-likeness (QED) is 0.663. The van der Waals surface area contributed by atoms with Gasteiger partial charge >= 0.3 is 0 Å². The lowest BCUT2D eigenvalue weighted by atomic mass is 9.97. The van der Waals surface area contributed by atoms with E-state index in [0.29, 0.717) is 22.5 Å². The molecule has 0 amide bonds. The number of hydrogen-bond acceptors (Lipinski definition) is 3. The number of benzene rings is 1. The van der Waals surface area contributed by atoms with Crippen LogP contribution in [-0.2, 0) is 0 Å². The molecule has 0 bridgehead atoms. The van der Waals surface area contributed by atoms with Gasteiger partial charge in [-0.25, -0.2) is 0 Å². The summed E-state index contributed by atoms with van der Waals surface area (Å²) in [5.74, 6) is 1.17. The highest BCUT2D eigenvalue weighted by molar-refractivity contribution is 6.31. The molecule has 0 heterocycles. The van der Waals surface area contributed by atoms with Crippen molar-refractivity contribution < 1.29 is 4.92 Å². The van der Waals surface area contributed by atoms with E-state index < -0.39 is 0 Å². The molecular formula is C13H17ClN2O2. The third-order valence-electron chi connectivity index (χ3n) is 3.96. The maximum absolute atomic E-state index is 11.0. The molecule has 0 spiro atoms. The summed E-state index contributed by atoms with van der Waals surface area (Å²) in [7, 11) is 0. The molecule has 1 aromatic rings. The second-order valence-electron chi connectivity index (χ2n) is 5.08. The summed E-state index contributed by atoms with van der Waals surface area (Å²) < 4.78 is 0. The van der Waals surface area contributed by atoms with Crippen molar-refractivity contribution in [3.8, 4) is 0 Å². The van der Waals surface area contributed by atoms with Gasteiger partial charge in [0, 0.05) is 17.1 Å². The minimum Gasteiger partial charge on any atom is -0.376 e. The normalized spacial score (nSPS) is 27.2. The van der Waals surface area contributed by atoms with Gasteiger partial charge in [-0.2, -0.15) is 0 Å². The molecule has 0 saturated heterocycles. The summed E-state index contributed by atoms with van der Waals surface area (Å²) in [6, 6.07) is 4.92. The molecule has 3 unspecified atom stereocenters. The van der Waals surface area contributed by atoms with Crippen molar-refractivity contribution in [3.05, 3.63) is 33.3 Å². The molecule has 5 heteroatoms. The van der Waals surface area contributed by atoms with E-state index in [9.17, 15) is 10.1 Å². The Morgan fingerprint density at radius 1 is 1.39 bits per heavy atom. The van der Waals surface area contributed by atoms with E-state index in [-0.39, 0.29) is 16.7 Å². The van der Waals surface area contributed by atoms with Crippen LogP contribution in [0.4, 0.5) is 11.4 Å². The predicted molar refractivity (Wildman–Crippen MR) is 73.1 cm³/mol. The van der Waals surface area contributed by atoms with Crippen LogP contribution in [0.15, 0.2) is 18.2 Å². The molecule has 2 rings (SSSR count). The number of nitrogens with zero attached hydrogens (tertiary/aromatic N) is 1. The molecule has 0 aliphatic heterocycles. The zero-order valence-electron chi connectivity index (χ0n) is 10.5. The first-order valence-corrected chi connectivity index (χ1v) is 6.57. The first kappa shape index (κ1) is 13.1. The maximum atomic E-state index is 11.0. The molecular weight excluding hydrogens is 252 g/mol. The van der Waals surface area contributed by atoms with Gasteiger partial charge in [0.25, 0.3) is 5.69 Å². The van der Waals surface area contributed by atoms with Gasteiger partial charge in [0.15, 0.2) is 0 Å². The zero-order valence-corrected chi connectivity index (χ0v) is 11.3. The molecule has 1 aliphatic rings. The number of anilines is 1. The third kappa shape index (κ3) is 2.58. The van der Waals surface area contributed by atoms with E-state index in [4.69, 9.17) is 11.6 Å². The SMILES string of the molecule is CC1CCC(Nc2cc(Cl)ccc2[N+](=O)[O-])C1C. The zero-order chi connectivity index (χ0) is 13.3. The Morgan fingerprint density at radius 2 is 2.11 bits per heavy atom. The number of nitro benzene ring substituents is 1. The van der Waals surface area contributed by atoms with E-state index in [1.807, 2.05) is 0 Å². The molecule has 0 radical (unpaired) electrons. The number of nitro groups is 1. The Kier molecular flexibility index (Phi) is 3.76. The molecule has 1 saturated carbocycles. The van der Waals surface area contributed by atoms with Crippen molar-refractivity contribution in [2.24, 2.45) is 11.8 Å². The summed E-state index contributed by atoms with van der Waals surface area (Å²) in [6.07, 6.45) is 2.21. The fourth-order valence-electron chi connectivity index (χ4n) is 2.55. The lowest BCUT2D eigenvalue weighted by Crippen LogP contribution is -2.24. The molecule has 4 nitrogen and oxygen atoms in total. The topological polar surface area (TPSA) is 55.2 Å².